The maximum atomic E-state index is 12.7. The highest BCUT2D eigenvalue weighted by Gasteiger charge is 2.18. The van der Waals surface area contributed by atoms with E-state index in [2.05, 4.69) is 20.8 Å². The zero-order valence-electron chi connectivity index (χ0n) is 13.8. The van der Waals surface area contributed by atoms with E-state index in [1.54, 1.807) is 32.4 Å². The SMILES string of the molecule is COc1ccc(OC)c(C(=O)c2ccc(C(C)(C)C)cc2)c1. The third kappa shape index (κ3) is 3.30. The van der Waals surface area contributed by atoms with Gasteiger partial charge in [0, 0.05) is 5.56 Å². The number of hydrogen-bond acceptors (Lipinski definition) is 3. The van der Waals surface area contributed by atoms with Gasteiger partial charge in [-0.1, -0.05) is 45.0 Å². The Hall–Kier alpha value is -2.29. The van der Waals surface area contributed by atoms with Crippen LogP contribution in [0.3, 0.4) is 0 Å². The molecule has 2 aromatic rings. The van der Waals surface area contributed by atoms with Crippen LogP contribution < -0.4 is 9.47 Å². The Morgan fingerprint density at radius 2 is 1.55 bits per heavy atom. The molecule has 116 valence electrons. The van der Waals surface area contributed by atoms with Crippen molar-refractivity contribution in [2.45, 2.75) is 26.2 Å². The minimum Gasteiger partial charge on any atom is -0.497 e. The first-order chi connectivity index (χ1) is 10.4. The summed E-state index contributed by atoms with van der Waals surface area (Å²) in [5, 5.41) is 0. The molecule has 0 bridgehead atoms. The predicted octanol–water partition coefficient (Wildman–Crippen LogP) is 4.23. The molecular weight excluding hydrogens is 276 g/mol. The van der Waals surface area contributed by atoms with Crippen molar-refractivity contribution in [2.24, 2.45) is 0 Å². The Labute approximate surface area is 131 Å². The van der Waals surface area contributed by atoms with Crippen molar-refractivity contribution < 1.29 is 14.3 Å². The largest absolute Gasteiger partial charge is 0.497 e. The third-order valence-electron chi connectivity index (χ3n) is 3.66. The van der Waals surface area contributed by atoms with E-state index < -0.39 is 0 Å². The van der Waals surface area contributed by atoms with Gasteiger partial charge >= 0.3 is 0 Å². The summed E-state index contributed by atoms with van der Waals surface area (Å²) < 4.78 is 10.5. The molecule has 0 heterocycles. The van der Waals surface area contributed by atoms with Gasteiger partial charge in [-0.15, -0.1) is 0 Å². The number of rotatable bonds is 4. The number of carbonyl (C=O) groups is 1. The van der Waals surface area contributed by atoms with E-state index in [0.29, 0.717) is 22.6 Å². The van der Waals surface area contributed by atoms with Crippen LogP contribution in [0.5, 0.6) is 11.5 Å². The van der Waals surface area contributed by atoms with Gasteiger partial charge in [0.05, 0.1) is 19.8 Å². The topological polar surface area (TPSA) is 35.5 Å². The van der Waals surface area contributed by atoms with E-state index in [0.717, 1.165) is 0 Å². The van der Waals surface area contributed by atoms with Gasteiger partial charge in [-0.05, 0) is 29.2 Å². The second-order valence-corrected chi connectivity index (χ2v) is 6.22. The van der Waals surface area contributed by atoms with Gasteiger partial charge < -0.3 is 9.47 Å². The van der Waals surface area contributed by atoms with Gasteiger partial charge in [0.1, 0.15) is 11.5 Å². The molecule has 0 fully saturated rings. The van der Waals surface area contributed by atoms with E-state index in [1.807, 2.05) is 24.3 Å². The minimum absolute atomic E-state index is 0.0647. The molecule has 0 atom stereocenters. The highest BCUT2D eigenvalue weighted by atomic mass is 16.5. The molecule has 0 unspecified atom stereocenters. The summed E-state index contributed by atoms with van der Waals surface area (Å²) in [5.74, 6) is 1.11. The number of methoxy groups -OCH3 is 2. The summed E-state index contributed by atoms with van der Waals surface area (Å²) in [7, 11) is 3.13. The number of ketones is 1. The predicted molar refractivity (Wildman–Crippen MR) is 88.1 cm³/mol. The first kappa shape index (κ1) is 16.1. The molecule has 0 radical (unpaired) electrons. The summed E-state index contributed by atoms with van der Waals surface area (Å²) in [6.07, 6.45) is 0. The van der Waals surface area contributed by atoms with Crippen LogP contribution in [-0.4, -0.2) is 20.0 Å². The van der Waals surface area contributed by atoms with Crippen molar-refractivity contribution in [3.8, 4) is 11.5 Å². The van der Waals surface area contributed by atoms with Gasteiger partial charge in [0.25, 0.3) is 0 Å². The minimum atomic E-state index is -0.0730. The number of ether oxygens (including phenoxy) is 2. The highest BCUT2D eigenvalue weighted by molar-refractivity contribution is 6.11. The van der Waals surface area contributed by atoms with E-state index >= 15 is 0 Å². The smallest absolute Gasteiger partial charge is 0.196 e. The van der Waals surface area contributed by atoms with Crippen LogP contribution in [0.1, 0.15) is 42.3 Å². The van der Waals surface area contributed by atoms with Gasteiger partial charge in [0.2, 0.25) is 0 Å². The number of carbonyl (C=O) groups excluding carboxylic acids is 1. The molecule has 3 heteroatoms. The van der Waals surface area contributed by atoms with Crippen molar-refractivity contribution in [3.63, 3.8) is 0 Å². The van der Waals surface area contributed by atoms with Crippen LogP contribution in [0.15, 0.2) is 42.5 Å². The van der Waals surface area contributed by atoms with Gasteiger partial charge in [0.15, 0.2) is 5.78 Å². The summed E-state index contributed by atoms with van der Waals surface area (Å²) in [5.41, 5.74) is 2.40. The lowest BCUT2D eigenvalue weighted by molar-refractivity contribution is 0.103. The fraction of sp³-hybridized carbons (Fsp3) is 0.316. The molecule has 0 amide bonds. The van der Waals surface area contributed by atoms with Crippen LogP contribution in [0.4, 0.5) is 0 Å². The van der Waals surface area contributed by atoms with Crippen molar-refractivity contribution in [1.29, 1.82) is 0 Å². The molecule has 0 aromatic heterocycles. The zero-order valence-corrected chi connectivity index (χ0v) is 13.8. The van der Waals surface area contributed by atoms with Crippen LogP contribution in [0, 0.1) is 0 Å². The quantitative estimate of drug-likeness (QED) is 0.792. The molecule has 0 spiro atoms. The third-order valence-corrected chi connectivity index (χ3v) is 3.66. The molecular formula is C19H22O3. The average Bonchev–Trinajstić information content (AvgIpc) is 2.52. The van der Waals surface area contributed by atoms with Gasteiger partial charge in [-0.2, -0.15) is 0 Å². The summed E-state index contributed by atoms with van der Waals surface area (Å²) in [4.78, 5) is 12.7. The maximum absolute atomic E-state index is 12.7. The van der Waals surface area contributed by atoms with Crippen molar-refractivity contribution >= 4 is 5.78 Å². The Bertz CT molecular complexity index is 664. The average molecular weight is 298 g/mol. The molecule has 0 aliphatic carbocycles. The zero-order chi connectivity index (χ0) is 16.3. The monoisotopic (exact) mass is 298 g/mol. The fourth-order valence-corrected chi connectivity index (χ4v) is 2.27. The summed E-state index contributed by atoms with van der Waals surface area (Å²) in [6.45, 7) is 6.44. The maximum Gasteiger partial charge on any atom is 0.196 e. The number of hydrogen-bond donors (Lipinski definition) is 0. The lowest BCUT2D eigenvalue weighted by atomic mass is 9.86. The molecule has 0 aliphatic rings. The Balaban J connectivity index is 2.39. The van der Waals surface area contributed by atoms with Crippen molar-refractivity contribution in [2.75, 3.05) is 14.2 Å². The van der Waals surface area contributed by atoms with Crippen LogP contribution >= 0.6 is 0 Å². The van der Waals surface area contributed by atoms with Crippen LogP contribution in [-0.2, 0) is 5.41 Å². The van der Waals surface area contributed by atoms with Gasteiger partial charge in [-0.25, -0.2) is 0 Å². The highest BCUT2D eigenvalue weighted by Crippen LogP contribution is 2.28. The Morgan fingerprint density at radius 3 is 2.05 bits per heavy atom. The van der Waals surface area contributed by atoms with Crippen molar-refractivity contribution in [3.05, 3.63) is 59.2 Å². The normalized spacial score (nSPS) is 11.1. The van der Waals surface area contributed by atoms with Gasteiger partial charge in [-0.3, -0.25) is 4.79 Å². The Morgan fingerprint density at radius 1 is 0.909 bits per heavy atom. The lowest BCUT2D eigenvalue weighted by Crippen LogP contribution is -2.11. The summed E-state index contributed by atoms with van der Waals surface area (Å²) >= 11 is 0. The lowest BCUT2D eigenvalue weighted by Gasteiger charge is -2.19. The Kier molecular flexibility index (Phi) is 4.55. The van der Waals surface area contributed by atoms with E-state index in [4.69, 9.17) is 9.47 Å². The summed E-state index contributed by atoms with van der Waals surface area (Å²) in [6, 6.07) is 13.0. The fourth-order valence-electron chi connectivity index (χ4n) is 2.27. The van der Waals surface area contributed by atoms with E-state index in [9.17, 15) is 4.79 Å². The van der Waals surface area contributed by atoms with Crippen LogP contribution in [0.2, 0.25) is 0 Å². The molecule has 2 aromatic carbocycles. The molecule has 0 saturated heterocycles. The van der Waals surface area contributed by atoms with Crippen molar-refractivity contribution in [1.82, 2.24) is 0 Å². The van der Waals surface area contributed by atoms with E-state index in [-0.39, 0.29) is 11.2 Å². The molecule has 0 aliphatic heterocycles. The second kappa shape index (κ2) is 6.22. The first-order valence-corrected chi connectivity index (χ1v) is 7.24. The second-order valence-electron chi connectivity index (χ2n) is 6.22. The molecule has 0 saturated carbocycles. The number of benzene rings is 2. The molecule has 0 N–H and O–H groups in total. The van der Waals surface area contributed by atoms with Crippen LogP contribution in [0.25, 0.3) is 0 Å². The van der Waals surface area contributed by atoms with E-state index in [1.165, 1.54) is 5.56 Å². The standard InChI is InChI=1S/C19H22O3/c1-19(2,3)14-8-6-13(7-9-14)18(20)16-12-15(21-4)10-11-17(16)22-5/h6-12H,1-5H3. The molecule has 2 rings (SSSR count). The molecule has 3 nitrogen and oxygen atoms in total. The first-order valence-electron chi connectivity index (χ1n) is 7.24. The molecule has 22 heavy (non-hydrogen) atoms.